The Kier molecular flexibility index (Phi) is 4.29. The summed E-state index contributed by atoms with van der Waals surface area (Å²) >= 11 is 0. The molecule has 0 saturated heterocycles. The molecule has 0 saturated carbocycles. The number of aromatic nitrogens is 2. The van der Waals surface area contributed by atoms with Crippen LogP contribution in [0.5, 0.6) is 0 Å². The molecule has 0 spiro atoms. The molecule has 7 heteroatoms. The summed E-state index contributed by atoms with van der Waals surface area (Å²) in [5.41, 5.74) is -0.541. The quantitative estimate of drug-likeness (QED) is 0.788. The first-order valence-electron chi connectivity index (χ1n) is 5.39. The number of aromatic amines is 1. The summed E-state index contributed by atoms with van der Waals surface area (Å²) in [6, 6.07) is 0. The smallest absolute Gasteiger partial charge is 0.257 e. The molecule has 1 aromatic heterocycles. The summed E-state index contributed by atoms with van der Waals surface area (Å²) in [7, 11) is -2.00. The van der Waals surface area contributed by atoms with Crippen LogP contribution >= 0.6 is 0 Å². The zero-order valence-electron chi connectivity index (χ0n) is 10.6. The van der Waals surface area contributed by atoms with Gasteiger partial charge in [0.25, 0.3) is 10.0 Å². The molecule has 98 valence electrons. The number of hydrogen-bond donors (Lipinski definition) is 2. The predicted octanol–water partition coefficient (Wildman–Crippen LogP) is 0.675. The van der Waals surface area contributed by atoms with Crippen LogP contribution < -0.4 is 4.72 Å². The number of hydrogen-bond acceptors (Lipinski definition) is 4. The summed E-state index contributed by atoms with van der Waals surface area (Å²) in [6.07, 6.45) is 1.99. The van der Waals surface area contributed by atoms with Gasteiger partial charge in [0.15, 0.2) is 5.03 Å². The molecule has 0 unspecified atom stereocenters. The van der Waals surface area contributed by atoms with Crippen LogP contribution in [0.2, 0.25) is 0 Å². The van der Waals surface area contributed by atoms with E-state index in [0.29, 0.717) is 12.2 Å². The van der Waals surface area contributed by atoms with Crippen LogP contribution in [0.4, 0.5) is 0 Å². The van der Waals surface area contributed by atoms with E-state index in [2.05, 4.69) is 14.7 Å². The van der Waals surface area contributed by atoms with Crippen molar-refractivity contribution in [1.82, 2.24) is 14.7 Å². The molecule has 1 aromatic rings. The number of aryl methyl sites for hydroxylation is 1. The zero-order chi connectivity index (χ0) is 13.1. The van der Waals surface area contributed by atoms with Gasteiger partial charge in [-0.15, -0.1) is 0 Å². The molecular weight excluding hydrogens is 242 g/mol. The van der Waals surface area contributed by atoms with Crippen molar-refractivity contribution < 1.29 is 13.2 Å². The van der Waals surface area contributed by atoms with E-state index in [1.54, 1.807) is 21.0 Å². The maximum absolute atomic E-state index is 11.9. The minimum atomic E-state index is -3.54. The van der Waals surface area contributed by atoms with Gasteiger partial charge in [0.05, 0.1) is 11.8 Å². The fourth-order valence-electron chi connectivity index (χ4n) is 1.08. The Bertz CT molecular complexity index is 465. The lowest BCUT2D eigenvalue weighted by Gasteiger charge is -2.22. The summed E-state index contributed by atoms with van der Waals surface area (Å²) in [5.74, 6) is 0.649. The third kappa shape index (κ3) is 3.79. The van der Waals surface area contributed by atoms with E-state index in [-0.39, 0.29) is 11.6 Å². The number of H-pyrrole nitrogens is 1. The Morgan fingerprint density at radius 2 is 2.18 bits per heavy atom. The fraction of sp³-hybridized carbons (Fsp3) is 0.700. The van der Waals surface area contributed by atoms with E-state index >= 15 is 0 Å². The monoisotopic (exact) mass is 261 g/mol. The molecule has 17 heavy (non-hydrogen) atoms. The van der Waals surface area contributed by atoms with E-state index in [1.165, 1.54) is 6.20 Å². The van der Waals surface area contributed by atoms with Gasteiger partial charge in [-0.05, 0) is 13.8 Å². The molecule has 6 nitrogen and oxygen atoms in total. The number of rotatable bonds is 6. The van der Waals surface area contributed by atoms with Crippen LogP contribution in [-0.2, 0) is 21.2 Å². The summed E-state index contributed by atoms with van der Waals surface area (Å²) < 4.78 is 31.4. The highest BCUT2D eigenvalue weighted by Gasteiger charge is 2.22. The summed E-state index contributed by atoms with van der Waals surface area (Å²) in [6.45, 7) is 5.71. The largest absolute Gasteiger partial charge is 0.377 e. The van der Waals surface area contributed by atoms with Gasteiger partial charge in [-0.25, -0.2) is 18.1 Å². The molecule has 0 bridgehead atoms. The summed E-state index contributed by atoms with van der Waals surface area (Å²) in [4.78, 5) is 6.71. The Morgan fingerprint density at radius 3 is 2.65 bits per heavy atom. The number of imidazole rings is 1. The zero-order valence-corrected chi connectivity index (χ0v) is 11.4. The van der Waals surface area contributed by atoms with Crippen LogP contribution in [0.3, 0.4) is 0 Å². The molecule has 0 aliphatic heterocycles. The highest BCUT2D eigenvalue weighted by Crippen LogP contribution is 2.09. The lowest BCUT2D eigenvalue weighted by Crippen LogP contribution is -2.39. The molecule has 0 aliphatic carbocycles. The average molecular weight is 261 g/mol. The Morgan fingerprint density at radius 1 is 1.53 bits per heavy atom. The van der Waals surface area contributed by atoms with E-state index in [1.807, 2.05) is 6.92 Å². The lowest BCUT2D eigenvalue weighted by atomic mass is 10.1. The molecule has 0 amide bonds. The number of nitrogens with zero attached hydrogens (tertiary/aromatic N) is 1. The van der Waals surface area contributed by atoms with E-state index in [9.17, 15) is 8.42 Å². The normalized spacial score (nSPS) is 12.9. The van der Waals surface area contributed by atoms with Gasteiger partial charge in [0.2, 0.25) is 0 Å². The Hall–Kier alpha value is -0.920. The minimum absolute atomic E-state index is 0.0845. The third-order valence-electron chi connectivity index (χ3n) is 2.47. The molecular formula is C10H19N3O3S. The van der Waals surface area contributed by atoms with Gasteiger partial charge in [0.1, 0.15) is 5.82 Å². The predicted molar refractivity (Wildman–Crippen MR) is 64.2 cm³/mol. The van der Waals surface area contributed by atoms with Gasteiger partial charge in [-0.3, -0.25) is 0 Å². The topological polar surface area (TPSA) is 84.1 Å². The van der Waals surface area contributed by atoms with E-state index in [4.69, 9.17) is 4.74 Å². The second kappa shape index (κ2) is 5.16. The highest BCUT2D eigenvalue weighted by molar-refractivity contribution is 7.89. The van der Waals surface area contributed by atoms with E-state index < -0.39 is 15.6 Å². The SMILES string of the molecule is CCc1ncc(S(=O)(=O)NCC(C)(C)OC)[nH]1. The maximum Gasteiger partial charge on any atom is 0.257 e. The summed E-state index contributed by atoms with van der Waals surface area (Å²) in [5, 5.41) is 0.0845. The van der Waals surface area contributed by atoms with Crippen molar-refractivity contribution in [2.24, 2.45) is 0 Å². The molecule has 0 aliphatic rings. The van der Waals surface area contributed by atoms with Gasteiger partial charge < -0.3 is 9.72 Å². The molecule has 0 radical (unpaired) electrons. The van der Waals surface area contributed by atoms with Crippen molar-refractivity contribution in [1.29, 1.82) is 0 Å². The molecule has 0 fully saturated rings. The van der Waals surface area contributed by atoms with Gasteiger partial charge in [-0.2, -0.15) is 0 Å². The Labute approximate surface area is 102 Å². The second-order valence-electron chi connectivity index (χ2n) is 4.34. The fourth-order valence-corrected chi connectivity index (χ4v) is 2.22. The molecule has 1 rings (SSSR count). The first-order valence-corrected chi connectivity index (χ1v) is 6.88. The lowest BCUT2D eigenvalue weighted by molar-refractivity contribution is 0.0276. The van der Waals surface area contributed by atoms with Gasteiger partial charge >= 0.3 is 0 Å². The molecule has 0 aromatic carbocycles. The van der Waals surface area contributed by atoms with Crippen molar-refractivity contribution in [3.8, 4) is 0 Å². The minimum Gasteiger partial charge on any atom is -0.377 e. The van der Waals surface area contributed by atoms with Crippen molar-refractivity contribution >= 4 is 10.0 Å². The number of nitrogens with one attached hydrogen (secondary N) is 2. The third-order valence-corrected chi connectivity index (χ3v) is 3.78. The first-order chi connectivity index (χ1) is 7.80. The van der Waals surface area contributed by atoms with Crippen LogP contribution in [-0.4, -0.2) is 37.6 Å². The van der Waals surface area contributed by atoms with Gasteiger partial charge in [-0.1, -0.05) is 6.92 Å². The Balaban J connectivity index is 2.76. The number of sulfonamides is 1. The van der Waals surface area contributed by atoms with Crippen molar-refractivity contribution in [3.63, 3.8) is 0 Å². The van der Waals surface area contributed by atoms with Crippen LogP contribution in [0.1, 0.15) is 26.6 Å². The molecule has 2 N–H and O–H groups in total. The van der Waals surface area contributed by atoms with Crippen molar-refractivity contribution in [2.75, 3.05) is 13.7 Å². The molecule has 1 heterocycles. The molecule has 0 atom stereocenters. The van der Waals surface area contributed by atoms with Crippen LogP contribution in [0.25, 0.3) is 0 Å². The number of ether oxygens (including phenoxy) is 1. The van der Waals surface area contributed by atoms with E-state index in [0.717, 1.165) is 0 Å². The average Bonchev–Trinajstić information content (AvgIpc) is 2.76. The highest BCUT2D eigenvalue weighted by atomic mass is 32.2. The van der Waals surface area contributed by atoms with Crippen LogP contribution in [0, 0.1) is 0 Å². The van der Waals surface area contributed by atoms with Crippen molar-refractivity contribution in [3.05, 3.63) is 12.0 Å². The number of methoxy groups -OCH3 is 1. The maximum atomic E-state index is 11.9. The van der Waals surface area contributed by atoms with Gasteiger partial charge in [0, 0.05) is 20.1 Å². The standard InChI is InChI=1S/C10H19N3O3S/c1-5-8-11-6-9(13-8)17(14,15)12-7-10(2,3)16-4/h6,12H,5,7H2,1-4H3,(H,11,13). The first kappa shape index (κ1) is 14.1. The van der Waals surface area contributed by atoms with Crippen molar-refractivity contribution in [2.45, 2.75) is 37.8 Å². The van der Waals surface area contributed by atoms with Crippen LogP contribution in [0.15, 0.2) is 11.2 Å². The second-order valence-corrected chi connectivity index (χ2v) is 6.07.